The fraction of sp³-hybridized carbons (Fsp3) is 0.0526. The Balaban J connectivity index is 1.65. The highest BCUT2D eigenvalue weighted by Gasteiger charge is 2.14. The van der Waals surface area contributed by atoms with Gasteiger partial charge in [0.05, 0.1) is 18.4 Å². The Morgan fingerprint density at radius 3 is 2.00 bits per heavy atom. The third kappa shape index (κ3) is 3.37. The monoisotopic (exact) mass is 328 g/mol. The normalized spacial score (nSPS) is 10.6. The van der Waals surface area contributed by atoms with Crippen LogP contribution in [0.4, 0.5) is 11.6 Å². The molecule has 3 heterocycles. The summed E-state index contributed by atoms with van der Waals surface area (Å²) in [5, 5.41) is 8.53. The van der Waals surface area contributed by atoms with Gasteiger partial charge in [0.1, 0.15) is 17.3 Å². The molecule has 0 saturated carbocycles. The van der Waals surface area contributed by atoms with Crippen LogP contribution < -0.4 is 4.90 Å². The highest BCUT2D eigenvalue weighted by atomic mass is 15.4. The van der Waals surface area contributed by atoms with Crippen molar-refractivity contribution in [3.05, 3.63) is 91.0 Å². The van der Waals surface area contributed by atoms with Crippen molar-refractivity contribution < 1.29 is 0 Å². The molecule has 0 amide bonds. The summed E-state index contributed by atoms with van der Waals surface area (Å²) in [5.41, 5.74) is 1.81. The molecule has 0 aliphatic heterocycles. The number of pyridine rings is 2. The molecule has 0 fully saturated rings. The molecule has 0 aliphatic carbocycles. The summed E-state index contributed by atoms with van der Waals surface area (Å²) >= 11 is 0. The van der Waals surface area contributed by atoms with Crippen LogP contribution in [0.3, 0.4) is 0 Å². The lowest BCUT2D eigenvalue weighted by Gasteiger charge is -2.21. The molecular weight excluding hydrogens is 312 g/mol. The van der Waals surface area contributed by atoms with Gasteiger partial charge in [-0.25, -0.2) is 14.6 Å². The molecule has 0 radical (unpaired) electrons. The van der Waals surface area contributed by atoms with Crippen molar-refractivity contribution in [3.63, 3.8) is 0 Å². The molecule has 0 atom stereocenters. The minimum atomic E-state index is 0.529. The third-order valence-corrected chi connectivity index (χ3v) is 3.73. The van der Waals surface area contributed by atoms with Gasteiger partial charge in [0.25, 0.3) is 0 Å². The quantitative estimate of drug-likeness (QED) is 0.562. The predicted molar refractivity (Wildman–Crippen MR) is 95.7 cm³/mol. The van der Waals surface area contributed by atoms with Crippen molar-refractivity contribution in [2.24, 2.45) is 0 Å². The second kappa shape index (κ2) is 6.92. The number of nitrogens with zero attached hydrogens (tertiary/aromatic N) is 6. The molecule has 4 aromatic rings. The summed E-state index contributed by atoms with van der Waals surface area (Å²) in [6, 6.07) is 21.5. The summed E-state index contributed by atoms with van der Waals surface area (Å²) in [6.45, 7) is 0.529. The zero-order valence-electron chi connectivity index (χ0n) is 13.5. The molecule has 0 bridgehead atoms. The first-order valence-electron chi connectivity index (χ1n) is 7.96. The van der Waals surface area contributed by atoms with E-state index in [1.807, 2.05) is 77.8 Å². The smallest absolute Gasteiger partial charge is 0.134 e. The maximum atomic E-state index is 4.45. The van der Waals surface area contributed by atoms with E-state index in [9.17, 15) is 0 Å². The van der Waals surface area contributed by atoms with Gasteiger partial charge in [-0.1, -0.05) is 35.5 Å². The van der Waals surface area contributed by atoms with Crippen molar-refractivity contribution in [1.29, 1.82) is 0 Å². The van der Waals surface area contributed by atoms with Crippen LogP contribution in [0.25, 0.3) is 5.69 Å². The Hall–Kier alpha value is -3.54. The molecule has 122 valence electrons. The first-order chi connectivity index (χ1) is 12.4. The van der Waals surface area contributed by atoms with E-state index in [2.05, 4.69) is 20.3 Å². The Labute approximate surface area is 145 Å². The van der Waals surface area contributed by atoms with E-state index in [0.29, 0.717) is 6.54 Å². The maximum absolute atomic E-state index is 4.45. The molecule has 25 heavy (non-hydrogen) atoms. The lowest BCUT2D eigenvalue weighted by atomic mass is 10.3. The van der Waals surface area contributed by atoms with Gasteiger partial charge in [-0.05, 0) is 36.4 Å². The van der Waals surface area contributed by atoms with Gasteiger partial charge >= 0.3 is 0 Å². The molecule has 4 rings (SSSR count). The van der Waals surface area contributed by atoms with Crippen LogP contribution in [0.2, 0.25) is 0 Å². The maximum Gasteiger partial charge on any atom is 0.134 e. The summed E-state index contributed by atoms with van der Waals surface area (Å²) in [7, 11) is 0. The topological polar surface area (TPSA) is 59.7 Å². The zero-order chi connectivity index (χ0) is 16.9. The number of rotatable bonds is 5. The van der Waals surface area contributed by atoms with Crippen LogP contribution in [0.5, 0.6) is 0 Å². The van der Waals surface area contributed by atoms with Crippen molar-refractivity contribution in [3.8, 4) is 5.69 Å². The van der Waals surface area contributed by atoms with E-state index in [4.69, 9.17) is 0 Å². The number of benzene rings is 1. The minimum absolute atomic E-state index is 0.529. The number of hydrogen-bond donors (Lipinski definition) is 0. The van der Waals surface area contributed by atoms with Gasteiger partial charge in [-0.2, -0.15) is 0 Å². The predicted octanol–water partition coefficient (Wildman–Crippen LogP) is 3.40. The fourth-order valence-electron chi connectivity index (χ4n) is 2.55. The van der Waals surface area contributed by atoms with E-state index in [1.54, 1.807) is 17.1 Å². The highest BCUT2D eigenvalue weighted by molar-refractivity contribution is 5.55. The summed E-state index contributed by atoms with van der Waals surface area (Å²) in [5.74, 6) is 1.63. The van der Waals surface area contributed by atoms with Gasteiger partial charge in [-0.15, -0.1) is 5.10 Å². The second-order valence-electron chi connectivity index (χ2n) is 5.45. The van der Waals surface area contributed by atoms with Crippen LogP contribution in [0.15, 0.2) is 85.3 Å². The van der Waals surface area contributed by atoms with Crippen LogP contribution in [-0.2, 0) is 6.54 Å². The molecule has 3 aromatic heterocycles. The summed E-state index contributed by atoms with van der Waals surface area (Å²) in [6.07, 6.45) is 5.46. The van der Waals surface area contributed by atoms with E-state index in [-0.39, 0.29) is 0 Å². The first kappa shape index (κ1) is 15.0. The highest BCUT2D eigenvalue weighted by Crippen LogP contribution is 2.23. The van der Waals surface area contributed by atoms with Gasteiger partial charge in [-0.3, -0.25) is 0 Å². The van der Waals surface area contributed by atoms with Crippen LogP contribution >= 0.6 is 0 Å². The Kier molecular flexibility index (Phi) is 4.16. The van der Waals surface area contributed by atoms with E-state index >= 15 is 0 Å². The molecule has 0 spiro atoms. The number of aromatic nitrogens is 5. The van der Waals surface area contributed by atoms with E-state index in [0.717, 1.165) is 23.0 Å². The van der Waals surface area contributed by atoms with Crippen LogP contribution in [0.1, 0.15) is 5.69 Å². The van der Waals surface area contributed by atoms with E-state index in [1.165, 1.54) is 0 Å². The van der Waals surface area contributed by atoms with Crippen molar-refractivity contribution in [1.82, 2.24) is 25.0 Å². The molecule has 0 N–H and O–H groups in total. The standard InChI is InChI=1S/C19H16N6/c1-2-8-17(9-3-1)25-15-16(22-23-25)14-24(18-10-4-6-12-20-18)19-11-5-7-13-21-19/h1-13,15H,14H2. The summed E-state index contributed by atoms with van der Waals surface area (Å²) in [4.78, 5) is 10.9. The molecule has 0 saturated heterocycles. The van der Waals surface area contributed by atoms with Crippen molar-refractivity contribution in [2.45, 2.75) is 6.54 Å². The zero-order valence-corrected chi connectivity index (χ0v) is 13.5. The number of anilines is 2. The Bertz CT molecular complexity index is 882. The SMILES string of the molecule is c1ccc(-n2cc(CN(c3ccccn3)c3ccccn3)nn2)cc1. The van der Waals surface area contributed by atoms with Crippen LogP contribution in [-0.4, -0.2) is 25.0 Å². The number of para-hydroxylation sites is 1. The average Bonchev–Trinajstić information content (AvgIpc) is 3.17. The largest absolute Gasteiger partial charge is 0.305 e. The molecule has 1 aromatic carbocycles. The average molecular weight is 328 g/mol. The van der Waals surface area contributed by atoms with Crippen molar-refractivity contribution in [2.75, 3.05) is 4.90 Å². The lowest BCUT2D eigenvalue weighted by Crippen LogP contribution is -2.18. The number of hydrogen-bond acceptors (Lipinski definition) is 5. The minimum Gasteiger partial charge on any atom is -0.305 e. The third-order valence-electron chi connectivity index (χ3n) is 3.73. The van der Waals surface area contributed by atoms with E-state index < -0.39 is 0 Å². The van der Waals surface area contributed by atoms with Crippen LogP contribution in [0, 0.1) is 0 Å². The molecule has 0 unspecified atom stereocenters. The van der Waals surface area contributed by atoms with Gasteiger partial charge in [0, 0.05) is 12.4 Å². The first-order valence-corrected chi connectivity index (χ1v) is 7.96. The lowest BCUT2D eigenvalue weighted by molar-refractivity contribution is 0.793. The Morgan fingerprint density at radius 2 is 1.40 bits per heavy atom. The summed E-state index contributed by atoms with van der Waals surface area (Å²) < 4.78 is 1.77. The fourth-order valence-corrected chi connectivity index (χ4v) is 2.55. The van der Waals surface area contributed by atoms with Gasteiger partial charge in [0.2, 0.25) is 0 Å². The van der Waals surface area contributed by atoms with Crippen molar-refractivity contribution >= 4 is 11.6 Å². The molecule has 0 aliphatic rings. The van der Waals surface area contributed by atoms with Gasteiger partial charge < -0.3 is 4.90 Å². The molecule has 6 nitrogen and oxygen atoms in total. The molecule has 6 heteroatoms. The van der Waals surface area contributed by atoms with Gasteiger partial charge in [0.15, 0.2) is 0 Å². The second-order valence-corrected chi connectivity index (χ2v) is 5.45. The Morgan fingerprint density at radius 1 is 0.760 bits per heavy atom. The molecular formula is C19H16N6.